The predicted molar refractivity (Wildman–Crippen MR) is 57.5 cm³/mol. The van der Waals surface area contributed by atoms with E-state index in [-0.39, 0.29) is 44.9 Å². The van der Waals surface area contributed by atoms with E-state index in [9.17, 15) is 19.2 Å². The van der Waals surface area contributed by atoms with Crippen LogP contribution in [-0.2, 0) is 39.3 Å². The van der Waals surface area contributed by atoms with E-state index < -0.39 is 11.9 Å². The van der Waals surface area contributed by atoms with Gasteiger partial charge in [-0.3, -0.25) is 9.59 Å². The van der Waals surface area contributed by atoms with Crippen molar-refractivity contribution in [1.82, 2.24) is 10.6 Å². The number of thiol groups is 1. The van der Waals surface area contributed by atoms with Crippen LogP contribution in [0.3, 0.4) is 0 Å². The maximum absolute atomic E-state index is 10.3. The van der Waals surface area contributed by atoms with Crippen molar-refractivity contribution >= 4 is 36.8 Å². The summed E-state index contributed by atoms with van der Waals surface area (Å²) in [6.07, 6.45) is 1.22. The van der Waals surface area contributed by atoms with Crippen molar-refractivity contribution in [2.45, 2.75) is 0 Å². The standard InChI is InChI=1S/C4H8N2O2S.C3H4NO3.Tc/c5-3(7)1-6-4(8)2-9;5-2-4-1-3(6)7;/h1-2H2,(H4,5,6,7,8,9);1H2,(H,4,5)(H,6,7);/q;-1;/p-1. The van der Waals surface area contributed by atoms with Crippen molar-refractivity contribution in [1.29, 1.82) is 0 Å². The van der Waals surface area contributed by atoms with E-state index in [1.54, 1.807) is 0 Å². The Hall–Kier alpha value is -1.12. The van der Waals surface area contributed by atoms with E-state index in [4.69, 9.17) is 10.8 Å². The Morgan fingerprint density at radius 1 is 1.29 bits per heavy atom. The monoisotopic (exact) mass is 346 g/mol. The van der Waals surface area contributed by atoms with Gasteiger partial charge in [0.05, 0.1) is 24.7 Å². The molecule has 0 atom stereocenters. The maximum Gasteiger partial charge on any atom is 0.320 e. The summed E-state index contributed by atoms with van der Waals surface area (Å²) in [6.45, 7) is -0.580. The minimum atomic E-state index is -1.07. The summed E-state index contributed by atoms with van der Waals surface area (Å²) < 4.78 is 0. The number of hydrogen-bond acceptors (Lipinski definition) is 5. The van der Waals surface area contributed by atoms with E-state index in [2.05, 4.69) is 17.9 Å². The first kappa shape index (κ1) is 21.2. The number of carboxylic acids is 1. The minimum absolute atomic E-state index is 0. The molecule has 0 aromatic carbocycles. The van der Waals surface area contributed by atoms with Crippen LogP contribution in [0.4, 0.5) is 0 Å². The predicted octanol–water partition coefficient (Wildman–Crippen LogP) is -1.66. The molecule has 0 rings (SSSR count). The van der Waals surface area contributed by atoms with E-state index in [0.29, 0.717) is 0 Å². The number of aliphatic carboxylic acids is 1. The first-order valence-corrected chi connectivity index (χ1v) is 4.51. The molecule has 10 heteroatoms. The number of hydrogen-bond donors (Lipinski definition) is 4. The topological polar surface area (TPSA) is 136 Å². The van der Waals surface area contributed by atoms with Gasteiger partial charge in [0, 0.05) is 20.1 Å². The molecule has 0 spiro atoms. The molecule has 0 aromatic rings. The van der Waals surface area contributed by atoms with Gasteiger partial charge in [-0.2, -0.15) is 19.0 Å². The van der Waals surface area contributed by atoms with Gasteiger partial charge in [0.15, 0.2) is 0 Å². The summed E-state index contributed by atoms with van der Waals surface area (Å²) >= 11 is 3.63. The van der Waals surface area contributed by atoms with Gasteiger partial charge in [0.2, 0.25) is 5.91 Å². The summed E-state index contributed by atoms with van der Waals surface area (Å²) in [7, 11) is 0. The Kier molecular flexibility index (Phi) is 18.6. The van der Waals surface area contributed by atoms with Gasteiger partial charge in [-0.1, -0.05) is 0 Å². The molecule has 4 N–H and O–H groups in total. The van der Waals surface area contributed by atoms with Gasteiger partial charge in [0.25, 0.3) is 0 Å². The van der Waals surface area contributed by atoms with Gasteiger partial charge >= 0.3 is 5.97 Å². The second kappa shape index (κ2) is 14.9. The van der Waals surface area contributed by atoms with E-state index in [0.717, 1.165) is 0 Å². The fraction of sp³-hybridized carbons (Fsp3) is 0.429. The molecule has 99 valence electrons. The Balaban J connectivity index is -0.000000224. The molecule has 17 heavy (non-hydrogen) atoms. The van der Waals surface area contributed by atoms with E-state index in [1.807, 2.05) is 5.32 Å². The molecule has 1 radical (unpaired) electrons. The van der Waals surface area contributed by atoms with Crippen molar-refractivity contribution in [2.24, 2.45) is 0 Å². The van der Waals surface area contributed by atoms with Gasteiger partial charge in [0.1, 0.15) is 0 Å². The van der Waals surface area contributed by atoms with Crippen molar-refractivity contribution in [3.8, 4) is 0 Å². The SMILES string of the molecule is O=[C-]NCC(=O)O.[NH-]C(=O)CNC(=O)CS.[Tc]. The molecule has 0 unspecified atom stereocenters. The smallest absolute Gasteiger partial charge is 0.320 e. The molecule has 0 aromatic heterocycles. The van der Waals surface area contributed by atoms with Crippen molar-refractivity contribution < 1.29 is 44.4 Å². The Labute approximate surface area is 116 Å². The number of carbonyl (C=O) groups excluding carboxylic acids is 3. The fourth-order valence-electron chi connectivity index (χ4n) is 0.346. The summed E-state index contributed by atoms with van der Waals surface area (Å²) in [5.41, 5.74) is 6.37. The molecule has 3 amide bonds. The third-order valence-corrected chi connectivity index (χ3v) is 1.19. The van der Waals surface area contributed by atoms with Crippen LogP contribution in [0.15, 0.2) is 0 Å². The Morgan fingerprint density at radius 2 is 1.82 bits per heavy atom. The zero-order valence-corrected chi connectivity index (χ0v) is 11.3. The van der Waals surface area contributed by atoms with Crippen LogP contribution in [-0.4, -0.2) is 48.1 Å². The van der Waals surface area contributed by atoms with Crippen LogP contribution in [0.5, 0.6) is 0 Å². The summed E-state index contributed by atoms with van der Waals surface area (Å²) in [5.74, 6) is -2.15. The average molecular weight is 347 g/mol. The first-order valence-electron chi connectivity index (χ1n) is 3.87. The van der Waals surface area contributed by atoms with E-state index >= 15 is 0 Å². The minimum Gasteiger partial charge on any atom is -0.666 e. The molecule has 0 aliphatic rings. The number of amides is 3. The number of carboxylic acid groups (broad SMARTS) is 1. The van der Waals surface area contributed by atoms with Crippen LogP contribution in [0.1, 0.15) is 0 Å². The molecular formula is C7H11N3O5STc-2. The van der Waals surface area contributed by atoms with Crippen LogP contribution >= 0.6 is 12.6 Å². The van der Waals surface area contributed by atoms with Crippen LogP contribution < -0.4 is 10.6 Å². The van der Waals surface area contributed by atoms with Gasteiger partial charge < -0.3 is 31.1 Å². The summed E-state index contributed by atoms with van der Waals surface area (Å²) in [5, 5.41) is 11.8. The first-order chi connectivity index (χ1) is 7.43. The zero-order valence-electron chi connectivity index (χ0n) is 8.53. The Morgan fingerprint density at radius 3 is 2.06 bits per heavy atom. The van der Waals surface area contributed by atoms with Gasteiger partial charge in [-0.05, 0) is 0 Å². The molecule has 0 bridgehead atoms. The molecule has 0 fully saturated rings. The third kappa shape index (κ3) is 25.3. The normalized spacial score (nSPS) is 7.59. The third-order valence-electron chi connectivity index (χ3n) is 0.902. The van der Waals surface area contributed by atoms with Crippen LogP contribution in [0.25, 0.3) is 5.73 Å². The second-order valence-corrected chi connectivity index (χ2v) is 2.52. The van der Waals surface area contributed by atoms with E-state index in [1.165, 1.54) is 6.41 Å². The van der Waals surface area contributed by atoms with Crippen molar-refractivity contribution in [2.75, 3.05) is 18.8 Å². The molecule has 0 saturated carbocycles. The number of nitrogens with one attached hydrogen (secondary N) is 3. The largest absolute Gasteiger partial charge is 0.666 e. The maximum atomic E-state index is 10.3. The summed E-state index contributed by atoms with van der Waals surface area (Å²) in [4.78, 5) is 38.9. The second-order valence-electron chi connectivity index (χ2n) is 2.21. The Bertz CT molecular complexity index is 264. The van der Waals surface area contributed by atoms with Crippen molar-refractivity contribution in [3.05, 3.63) is 5.73 Å². The van der Waals surface area contributed by atoms with Gasteiger partial charge in [-0.15, -0.1) is 0 Å². The molecule has 0 aliphatic heterocycles. The molecule has 8 nitrogen and oxygen atoms in total. The average Bonchev–Trinajstić information content (AvgIpc) is 2.23. The summed E-state index contributed by atoms with van der Waals surface area (Å²) in [6, 6.07) is 0. The molecular weight excluding hydrogens is 336 g/mol. The zero-order chi connectivity index (χ0) is 13.0. The quantitative estimate of drug-likeness (QED) is 0.259. The van der Waals surface area contributed by atoms with Crippen LogP contribution in [0.2, 0.25) is 0 Å². The molecule has 0 aliphatic carbocycles. The number of carbonyl (C=O) groups is 3. The fourth-order valence-corrected chi connectivity index (χ4v) is 0.458. The van der Waals surface area contributed by atoms with Gasteiger partial charge in [-0.25, -0.2) is 0 Å². The molecule has 0 heterocycles. The molecule has 0 saturated heterocycles. The van der Waals surface area contributed by atoms with Crippen LogP contribution in [0, 0.1) is 0 Å². The van der Waals surface area contributed by atoms with Crippen molar-refractivity contribution in [3.63, 3.8) is 0 Å². The number of rotatable bonds is 6.